The van der Waals surface area contributed by atoms with Crippen molar-refractivity contribution >= 4 is 22.6 Å². The molecule has 0 bridgehead atoms. The summed E-state index contributed by atoms with van der Waals surface area (Å²) in [6.07, 6.45) is 0.163. The van der Waals surface area contributed by atoms with Gasteiger partial charge >= 0.3 is 0 Å². The molecule has 0 saturated carbocycles. The number of carbonyl (C=O) groups is 2. The summed E-state index contributed by atoms with van der Waals surface area (Å²) in [5.41, 5.74) is 0.507. The Kier molecular flexibility index (Phi) is 3.64. The first-order valence-corrected chi connectivity index (χ1v) is 5.66. The summed E-state index contributed by atoms with van der Waals surface area (Å²) in [5, 5.41) is -0.504. The summed E-state index contributed by atoms with van der Waals surface area (Å²) in [6, 6.07) is 4.99. The van der Waals surface area contributed by atoms with Crippen molar-refractivity contribution in [3.63, 3.8) is 0 Å². The van der Waals surface area contributed by atoms with Crippen LogP contribution in [0.15, 0.2) is 18.2 Å². The van der Waals surface area contributed by atoms with Gasteiger partial charge in [-0.25, -0.2) is 0 Å². The summed E-state index contributed by atoms with van der Waals surface area (Å²) in [6.45, 7) is 0.992. The van der Waals surface area contributed by atoms with Crippen LogP contribution in [0.3, 0.4) is 0 Å². The predicted molar refractivity (Wildman–Crippen MR) is 61.9 cm³/mol. The monoisotopic (exact) mass is 254 g/mol. The zero-order valence-corrected chi connectivity index (χ0v) is 9.83. The first kappa shape index (κ1) is 11.9. The van der Waals surface area contributed by atoms with E-state index in [-0.39, 0.29) is 18.6 Å². The fourth-order valence-corrected chi connectivity index (χ4v) is 1.67. The summed E-state index contributed by atoms with van der Waals surface area (Å²) < 4.78 is 10.7. The summed E-state index contributed by atoms with van der Waals surface area (Å²) in [5.74, 6) is 1.08. The second-order valence-electron chi connectivity index (χ2n) is 3.64. The molecule has 0 fully saturated rings. The zero-order chi connectivity index (χ0) is 12.3. The highest BCUT2D eigenvalue weighted by molar-refractivity contribution is 6.63. The second-order valence-corrected chi connectivity index (χ2v) is 4.06. The van der Waals surface area contributed by atoms with E-state index in [1.54, 1.807) is 18.2 Å². The van der Waals surface area contributed by atoms with E-state index >= 15 is 0 Å². The normalized spacial score (nSPS) is 13.2. The quantitative estimate of drug-likeness (QED) is 0.610. The van der Waals surface area contributed by atoms with Gasteiger partial charge in [0.2, 0.25) is 5.24 Å². The van der Waals surface area contributed by atoms with E-state index in [9.17, 15) is 9.59 Å². The van der Waals surface area contributed by atoms with Crippen molar-refractivity contribution in [3.8, 4) is 11.5 Å². The Bertz CT molecular complexity index is 456. The number of fused-ring (bicyclic) bond motifs is 1. The summed E-state index contributed by atoms with van der Waals surface area (Å²) >= 11 is 5.19. The van der Waals surface area contributed by atoms with E-state index < -0.39 is 5.24 Å². The van der Waals surface area contributed by atoms with E-state index in [2.05, 4.69) is 0 Å². The molecule has 0 aromatic heterocycles. The van der Waals surface area contributed by atoms with Crippen LogP contribution >= 0.6 is 11.6 Å². The number of hydrogen-bond donors (Lipinski definition) is 0. The molecule has 1 aromatic rings. The van der Waals surface area contributed by atoms with Crippen molar-refractivity contribution in [2.45, 2.75) is 12.8 Å². The van der Waals surface area contributed by atoms with Gasteiger partial charge in [0.1, 0.15) is 13.2 Å². The Balaban J connectivity index is 2.11. The van der Waals surface area contributed by atoms with E-state index in [1.165, 1.54) is 0 Å². The molecule has 1 heterocycles. The molecule has 1 aliphatic heterocycles. The molecule has 1 aliphatic rings. The number of halogens is 1. The lowest BCUT2D eigenvalue weighted by Crippen LogP contribution is -2.15. The highest BCUT2D eigenvalue weighted by atomic mass is 35.5. The first-order chi connectivity index (χ1) is 8.16. The van der Waals surface area contributed by atoms with Crippen LogP contribution in [0.5, 0.6) is 11.5 Å². The van der Waals surface area contributed by atoms with Gasteiger partial charge in [-0.1, -0.05) is 0 Å². The van der Waals surface area contributed by atoms with Crippen LogP contribution < -0.4 is 9.47 Å². The molecule has 90 valence electrons. The molecule has 4 nitrogen and oxygen atoms in total. The third-order valence-corrected chi connectivity index (χ3v) is 2.60. The van der Waals surface area contributed by atoms with Crippen LogP contribution in [0, 0.1) is 0 Å². The Morgan fingerprint density at radius 1 is 1.12 bits per heavy atom. The number of Topliss-reactive ketones (excluding diaryl/α,β-unsaturated/α-hetero) is 1. The molecule has 0 aliphatic carbocycles. The second kappa shape index (κ2) is 5.19. The lowest BCUT2D eigenvalue weighted by molar-refractivity contribution is -0.111. The Morgan fingerprint density at radius 2 is 1.82 bits per heavy atom. The average molecular weight is 255 g/mol. The number of benzene rings is 1. The molecule has 0 radical (unpaired) electrons. The lowest BCUT2D eigenvalue weighted by atomic mass is 10.1. The predicted octanol–water partition coefficient (Wildman–Crippen LogP) is 2.19. The number of rotatable bonds is 4. The van der Waals surface area contributed by atoms with Crippen LogP contribution in [-0.2, 0) is 4.79 Å². The molecule has 5 heteroatoms. The minimum absolute atomic E-state index is 0.0504. The molecule has 0 saturated heterocycles. The lowest BCUT2D eigenvalue weighted by Gasteiger charge is -2.18. The van der Waals surface area contributed by atoms with E-state index in [0.717, 1.165) is 0 Å². The zero-order valence-electron chi connectivity index (χ0n) is 9.07. The third kappa shape index (κ3) is 2.97. The average Bonchev–Trinajstić information content (AvgIpc) is 2.35. The van der Waals surface area contributed by atoms with E-state index in [1.807, 2.05) is 0 Å². The minimum Gasteiger partial charge on any atom is -0.486 e. The van der Waals surface area contributed by atoms with Crippen LogP contribution in [0.25, 0.3) is 0 Å². The number of carbonyl (C=O) groups excluding carboxylic acids is 2. The maximum Gasteiger partial charge on any atom is 0.222 e. The number of ketones is 1. The van der Waals surface area contributed by atoms with Gasteiger partial charge in [0, 0.05) is 18.4 Å². The standard InChI is InChI=1S/C12H11ClO4/c13-12(15)4-2-9(14)8-1-3-10-11(7-8)17-6-5-16-10/h1,3,7H,2,4-6H2. The topological polar surface area (TPSA) is 52.6 Å². The molecular formula is C12H11ClO4. The fraction of sp³-hybridized carbons (Fsp3) is 0.333. The molecule has 17 heavy (non-hydrogen) atoms. The molecule has 0 unspecified atom stereocenters. The van der Waals surface area contributed by atoms with E-state index in [4.69, 9.17) is 21.1 Å². The largest absolute Gasteiger partial charge is 0.486 e. The van der Waals surface area contributed by atoms with Crippen LogP contribution in [0.4, 0.5) is 0 Å². The van der Waals surface area contributed by atoms with Gasteiger partial charge in [-0.15, -0.1) is 0 Å². The molecule has 0 spiro atoms. The maximum atomic E-state index is 11.7. The van der Waals surface area contributed by atoms with Crippen molar-refractivity contribution < 1.29 is 19.1 Å². The van der Waals surface area contributed by atoms with Crippen molar-refractivity contribution in [1.82, 2.24) is 0 Å². The van der Waals surface area contributed by atoms with Gasteiger partial charge < -0.3 is 9.47 Å². The molecule has 2 rings (SSSR count). The third-order valence-electron chi connectivity index (χ3n) is 2.41. The molecule has 0 N–H and O–H groups in total. The Morgan fingerprint density at radius 3 is 2.53 bits per heavy atom. The van der Waals surface area contributed by atoms with Gasteiger partial charge in [-0.3, -0.25) is 9.59 Å². The number of hydrogen-bond acceptors (Lipinski definition) is 4. The van der Waals surface area contributed by atoms with Gasteiger partial charge in [0.25, 0.3) is 0 Å². The van der Waals surface area contributed by atoms with Gasteiger partial charge in [-0.2, -0.15) is 0 Å². The van der Waals surface area contributed by atoms with Crippen molar-refractivity contribution in [2.75, 3.05) is 13.2 Å². The maximum absolute atomic E-state index is 11.7. The highest BCUT2D eigenvalue weighted by Gasteiger charge is 2.15. The minimum atomic E-state index is -0.504. The Hall–Kier alpha value is -1.55. The molecular weight excluding hydrogens is 244 g/mol. The summed E-state index contributed by atoms with van der Waals surface area (Å²) in [4.78, 5) is 22.3. The van der Waals surface area contributed by atoms with E-state index in [0.29, 0.717) is 30.3 Å². The molecule has 0 amide bonds. The van der Waals surface area contributed by atoms with Crippen molar-refractivity contribution in [1.29, 1.82) is 0 Å². The van der Waals surface area contributed by atoms with Gasteiger partial charge in [0.05, 0.1) is 0 Å². The number of ether oxygens (including phenoxy) is 2. The smallest absolute Gasteiger partial charge is 0.222 e. The van der Waals surface area contributed by atoms with Crippen LogP contribution in [0.2, 0.25) is 0 Å². The molecule has 0 atom stereocenters. The van der Waals surface area contributed by atoms with Gasteiger partial charge in [0.15, 0.2) is 17.3 Å². The van der Waals surface area contributed by atoms with Crippen LogP contribution in [0.1, 0.15) is 23.2 Å². The Labute approximate surface area is 103 Å². The van der Waals surface area contributed by atoms with Crippen LogP contribution in [-0.4, -0.2) is 24.2 Å². The van der Waals surface area contributed by atoms with Gasteiger partial charge in [-0.05, 0) is 29.8 Å². The summed E-state index contributed by atoms with van der Waals surface area (Å²) in [7, 11) is 0. The fourth-order valence-electron chi connectivity index (χ4n) is 1.57. The van der Waals surface area contributed by atoms with Crippen molar-refractivity contribution in [3.05, 3.63) is 23.8 Å². The molecule has 1 aromatic carbocycles. The first-order valence-electron chi connectivity index (χ1n) is 5.28. The highest BCUT2D eigenvalue weighted by Crippen LogP contribution is 2.31. The van der Waals surface area contributed by atoms with Crippen molar-refractivity contribution in [2.24, 2.45) is 0 Å². The SMILES string of the molecule is O=C(Cl)CCC(=O)c1ccc2c(c1)OCCO2.